The van der Waals surface area contributed by atoms with E-state index in [1.807, 2.05) is 32.7 Å². The highest BCUT2D eigenvalue weighted by Crippen LogP contribution is 2.50. The van der Waals surface area contributed by atoms with Gasteiger partial charge in [-0.25, -0.2) is 4.39 Å². The molecular weight excluding hydrogens is 427 g/mol. The zero-order chi connectivity index (χ0) is 24.4. The molecule has 8 heteroatoms. The molecule has 4 rings (SSSR count). The van der Waals surface area contributed by atoms with Crippen LogP contribution in [-0.4, -0.2) is 44.5 Å². The second-order valence-corrected chi connectivity index (χ2v) is 10.6. The van der Waals surface area contributed by atoms with Crippen molar-refractivity contribution in [3.05, 3.63) is 51.2 Å². The molecule has 0 aromatic heterocycles. The fraction of sp³-hybridized carbons (Fsp3) is 0.520. The first-order valence-electron chi connectivity index (χ1n) is 11.2. The van der Waals surface area contributed by atoms with Crippen LogP contribution in [0.2, 0.25) is 0 Å². The largest absolute Gasteiger partial charge is 0.512 e. The van der Waals surface area contributed by atoms with E-state index < -0.39 is 29.3 Å². The van der Waals surface area contributed by atoms with E-state index in [4.69, 9.17) is 5.73 Å². The minimum atomic E-state index is -0.751. The van der Waals surface area contributed by atoms with E-state index in [2.05, 4.69) is 0 Å². The van der Waals surface area contributed by atoms with Gasteiger partial charge in [0.2, 0.25) is 5.91 Å². The highest BCUT2D eigenvalue weighted by Gasteiger charge is 2.47. The van der Waals surface area contributed by atoms with Gasteiger partial charge in [-0.1, -0.05) is 0 Å². The quantitative estimate of drug-likeness (QED) is 0.548. The van der Waals surface area contributed by atoms with Gasteiger partial charge in [-0.2, -0.15) is 0 Å². The summed E-state index contributed by atoms with van der Waals surface area (Å²) in [6.07, 6.45) is 0.843. The molecule has 3 atom stereocenters. The molecule has 3 aliphatic carbocycles. The molecule has 0 spiro atoms. The van der Waals surface area contributed by atoms with Crippen LogP contribution in [0.15, 0.2) is 28.7 Å². The number of aromatic hydroxyl groups is 1. The molecule has 0 aliphatic heterocycles. The molecule has 0 heterocycles. The molecule has 1 aromatic carbocycles. The fourth-order valence-corrected chi connectivity index (χ4v) is 5.40. The number of rotatable bonds is 3. The van der Waals surface area contributed by atoms with Crippen LogP contribution in [0.1, 0.15) is 61.5 Å². The lowest BCUT2D eigenvalue weighted by atomic mass is 9.63. The van der Waals surface area contributed by atoms with Crippen molar-refractivity contribution in [2.45, 2.75) is 58.5 Å². The maximum Gasteiger partial charge on any atom is 0.248 e. The Morgan fingerprint density at radius 1 is 1.21 bits per heavy atom. The van der Waals surface area contributed by atoms with Crippen molar-refractivity contribution >= 4 is 11.7 Å². The van der Waals surface area contributed by atoms with Crippen molar-refractivity contribution in [2.24, 2.45) is 23.5 Å². The number of phenolic OH excluding ortho intramolecular Hbond substituents is 1. The first-order chi connectivity index (χ1) is 15.3. The number of primary amides is 1. The maximum atomic E-state index is 15.6. The van der Waals surface area contributed by atoms with Gasteiger partial charge in [-0.05, 0) is 65.0 Å². The summed E-state index contributed by atoms with van der Waals surface area (Å²) < 4.78 is 15.6. The third kappa shape index (κ3) is 3.80. The van der Waals surface area contributed by atoms with Gasteiger partial charge in [0.25, 0.3) is 0 Å². The summed E-state index contributed by atoms with van der Waals surface area (Å²) in [4.78, 5) is 27.0. The summed E-state index contributed by atoms with van der Waals surface area (Å²) in [5.41, 5.74) is 5.76. The van der Waals surface area contributed by atoms with Crippen molar-refractivity contribution in [1.29, 1.82) is 0 Å². The van der Waals surface area contributed by atoms with Gasteiger partial charge in [0, 0.05) is 41.1 Å². The van der Waals surface area contributed by atoms with E-state index in [-0.39, 0.29) is 76.8 Å². The smallest absolute Gasteiger partial charge is 0.248 e. The molecule has 3 unspecified atom stereocenters. The Hall–Kier alpha value is -2.87. The highest BCUT2D eigenvalue weighted by molar-refractivity contribution is 6.13. The molecule has 0 saturated carbocycles. The lowest BCUT2D eigenvalue weighted by molar-refractivity contribution is -0.115. The summed E-state index contributed by atoms with van der Waals surface area (Å²) >= 11 is 0. The number of carbonyl (C=O) groups is 2. The monoisotopic (exact) mass is 458 g/mol. The highest BCUT2D eigenvalue weighted by atomic mass is 19.1. The van der Waals surface area contributed by atoms with Crippen LogP contribution < -0.4 is 5.73 Å². The van der Waals surface area contributed by atoms with Gasteiger partial charge in [-0.3, -0.25) is 14.5 Å². The van der Waals surface area contributed by atoms with Crippen molar-refractivity contribution in [3.63, 3.8) is 0 Å². The van der Waals surface area contributed by atoms with E-state index >= 15 is 4.39 Å². The summed E-state index contributed by atoms with van der Waals surface area (Å²) in [5, 5.41) is 32.0. The Balaban J connectivity index is 1.75. The molecule has 33 heavy (non-hydrogen) atoms. The number of aliphatic hydroxyl groups is 2. The van der Waals surface area contributed by atoms with Crippen LogP contribution in [0.3, 0.4) is 0 Å². The first-order valence-corrected chi connectivity index (χ1v) is 11.2. The van der Waals surface area contributed by atoms with E-state index in [1.54, 1.807) is 0 Å². The number of benzene rings is 1. The van der Waals surface area contributed by atoms with Crippen LogP contribution in [0.4, 0.5) is 4.39 Å². The number of Topliss-reactive ketones (excluding diaryl/α,β-unsaturated/α-hetero) is 1. The minimum absolute atomic E-state index is 0.0481. The van der Waals surface area contributed by atoms with Gasteiger partial charge in [-0.15, -0.1) is 0 Å². The SMILES string of the molecule is CN(Cc1cc(O)c2c(c1F)CC1CC3CC(O)=C(C(N)=O)CC3C(O)=C1C2=O)C(C)(C)C. The number of aliphatic hydroxyl groups excluding tert-OH is 2. The number of carbonyl (C=O) groups excluding carboxylic acids is 2. The lowest BCUT2D eigenvalue weighted by Crippen LogP contribution is -2.39. The number of hydrogen-bond acceptors (Lipinski definition) is 6. The molecular formula is C25H31FN2O5. The van der Waals surface area contributed by atoms with Crippen molar-refractivity contribution in [2.75, 3.05) is 7.05 Å². The molecule has 0 bridgehead atoms. The molecule has 7 nitrogen and oxygen atoms in total. The molecule has 0 saturated heterocycles. The zero-order valence-corrected chi connectivity index (χ0v) is 19.4. The molecule has 3 aliphatic rings. The summed E-state index contributed by atoms with van der Waals surface area (Å²) in [5.74, 6) is -3.51. The number of amides is 1. The van der Waals surface area contributed by atoms with Gasteiger partial charge >= 0.3 is 0 Å². The summed E-state index contributed by atoms with van der Waals surface area (Å²) in [7, 11) is 1.87. The van der Waals surface area contributed by atoms with E-state index in [9.17, 15) is 24.9 Å². The van der Waals surface area contributed by atoms with Crippen molar-refractivity contribution in [3.8, 4) is 5.75 Å². The van der Waals surface area contributed by atoms with E-state index in [0.717, 1.165) is 0 Å². The maximum absolute atomic E-state index is 15.6. The van der Waals surface area contributed by atoms with Crippen LogP contribution >= 0.6 is 0 Å². The Bertz CT molecular complexity index is 1110. The van der Waals surface area contributed by atoms with Gasteiger partial charge in [0.05, 0.1) is 11.1 Å². The third-order valence-corrected chi connectivity index (χ3v) is 7.61. The van der Waals surface area contributed by atoms with Gasteiger partial charge in [0.1, 0.15) is 23.1 Å². The Kier molecular flexibility index (Phi) is 5.55. The summed E-state index contributed by atoms with van der Waals surface area (Å²) in [6, 6.07) is 1.30. The number of halogens is 1. The Labute approximate surface area is 192 Å². The molecule has 0 fully saturated rings. The predicted molar refractivity (Wildman–Crippen MR) is 120 cm³/mol. The molecule has 1 amide bonds. The number of ketones is 1. The molecule has 1 aromatic rings. The van der Waals surface area contributed by atoms with Crippen LogP contribution in [-0.2, 0) is 17.8 Å². The minimum Gasteiger partial charge on any atom is -0.512 e. The third-order valence-electron chi connectivity index (χ3n) is 7.61. The second kappa shape index (κ2) is 7.87. The zero-order valence-electron chi connectivity index (χ0n) is 19.4. The number of allylic oxidation sites excluding steroid dienone is 3. The number of nitrogens with zero attached hydrogens (tertiary/aromatic N) is 1. The van der Waals surface area contributed by atoms with Gasteiger partial charge < -0.3 is 21.1 Å². The fourth-order valence-electron chi connectivity index (χ4n) is 5.40. The second-order valence-electron chi connectivity index (χ2n) is 10.6. The predicted octanol–water partition coefficient (Wildman–Crippen LogP) is 3.66. The van der Waals surface area contributed by atoms with Crippen LogP contribution in [0, 0.1) is 23.6 Å². The molecule has 178 valence electrons. The summed E-state index contributed by atoms with van der Waals surface area (Å²) in [6.45, 7) is 6.27. The number of nitrogens with two attached hydrogens (primary N) is 1. The molecule has 0 radical (unpaired) electrons. The number of fused-ring (bicyclic) bond motifs is 3. The topological polar surface area (TPSA) is 124 Å². The average molecular weight is 459 g/mol. The standard InChI is InChI=1S/C25H31FN2O5/c1-25(2,3)28(4)10-13-8-18(30)20-16(21(13)26)6-12-5-11-7-17(29)15(24(27)33)9-14(11)22(31)19(12)23(20)32/h8,11-12,14,29-31H,5-7,9-10H2,1-4H3,(H2,27,33). The van der Waals surface area contributed by atoms with Crippen LogP contribution in [0.5, 0.6) is 5.75 Å². The molecule has 5 N–H and O–H groups in total. The van der Waals surface area contributed by atoms with Gasteiger partial charge in [0.15, 0.2) is 5.78 Å². The van der Waals surface area contributed by atoms with Crippen molar-refractivity contribution < 1.29 is 29.3 Å². The number of hydrogen-bond donors (Lipinski definition) is 4. The lowest BCUT2D eigenvalue weighted by Gasteiger charge is -2.41. The normalized spacial score (nSPS) is 25.2. The van der Waals surface area contributed by atoms with Crippen LogP contribution in [0.25, 0.3) is 0 Å². The van der Waals surface area contributed by atoms with E-state index in [1.165, 1.54) is 6.07 Å². The first kappa shape index (κ1) is 23.3. The Morgan fingerprint density at radius 2 is 1.88 bits per heavy atom. The Morgan fingerprint density at radius 3 is 2.48 bits per heavy atom. The van der Waals surface area contributed by atoms with Crippen molar-refractivity contribution in [1.82, 2.24) is 4.90 Å². The van der Waals surface area contributed by atoms with E-state index in [0.29, 0.717) is 12.0 Å². The number of phenols is 1. The average Bonchev–Trinajstić information content (AvgIpc) is 2.69.